The Morgan fingerprint density at radius 3 is 2.16 bits per heavy atom. The molecule has 4 heteroatoms. The molecule has 0 aromatic heterocycles. The Hall–Kier alpha value is -1.06. The van der Waals surface area contributed by atoms with Gasteiger partial charge in [0.25, 0.3) is 0 Å². The summed E-state index contributed by atoms with van der Waals surface area (Å²) < 4.78 is 4.95. The van der Waals surface area contributed by atoms with Gasteiger partial charge in [0.05, 0.1) is 6.61 Å². The fourth-order valence-corrected chi connectivity index (χ4v) is 3.27. The van der Waals surface area contributed by atoms with E-state index >= 15 is 0 Å². The van der Waals surface area contributed by atoms with Gasteiger partial charge in [0, 0.05) is 0 Å². The zero-order valence-electron chi connectivity index (χ0n) is 12.1. The van der Waals surface area contributed by atoms with Gasteiger partial charge in [-0.3, -0.25) is 9.59 Å². The van der Waals surface area contributed by atoms with Crippen molar-refractivity contribution in [3.05, 3.63) is 0 Å². The highest BCUT2D eigenvalue weighted by molar-refractivity contribution is 5.94. The largest absolute Gasteiger partial charge is 0.481 e. The van der Waals surface area contributed by atoms with Crippen LogP contribution >= 0.6 is 0 Å². The maximum Gasteiger partial charge on any atom is 0.320 e. The molecule has 0 amide bonds. The lowest BCUT2D eigenvalue weighted by molar-refractivity contribution is -0.162. The van der Waals surface area contributed by atoms with Crippen molar-refractivity contribution >= 4 is 11.9 Å². The molecule has 1 aliphatic carbocycles. The van der Waals surface area contributed by atoms with Crippen molar-refractivity contribution < 1.29 is 19.4 Å². The van der Waals surface area contributed by atoms with Gasteiger partial charge in [0.2, 0.25) is 0 Å². The van der Waals surface area contributed by atoms with Gasteiger partial charge < -0.3 is 9.84 Å². The highest BCUT2D eigenvalue weighted by atomic mass is 16.5. The Balaban J connectivity index is 2.82. The summed E-state index contributed by atoms with van der Waals surface area (Å²) in [6, 6.07) is 0. The number of carbonyl (C=O) groups is 2. The first-order chi connectivity index (χ1) is 9.11. The first-order valence-corrected chi connectivity index (χ1v) is 7.51. The number of carbonyl (C=O) groups excluding carboxylic acids is 1. The molecule has 2 atom stereocenters. The van der Waals surface area contributed by atoms with Gasteiger partial charge >= 0.3 is 11.9 Å². The van der Waals surface area contributed by atoms with Crippen LogP contribution in [-0.2, 0) is 14.3 Å². The van der Waals surface area contributed by atoms with E-state index in [1.807, 2.05) is 6.92 Å². The molecular weight excluding hydrogens is 244 g/mol. The third-order valence-electron chi connectivity index (χ3n) is 4.21. The third kappa shape index (κ3) is 4.51. The molecule has 4 nitrogen and oxygen atoms in total. The van der Waals surface area contributed by atoms with E-state index < -0.39 is 17.9 Å². The second kappa shape index (κ2) is 8.18. The predicted molar refractivity (Wildman–Crippen MR) is 72.7 cm³/mol. The first-order valence-electron chi connectivity index (χ1n) is 7.51. The molecule has 1 N–H and O–H groups in total. The maximum atomic E-state index is 11.9. The molecule has 0 aliphatic heterocycles. The van der Waals surface area contributed by atoms with Crippen LogP contribution in [0.1, 0.15) is 58.8 Å². The highest BCUT2D eigenvalue weighted by Gasteiger charge is 2.39. The van der Waals surface area contributed by atoms with Gasteiger partial charge in [0.15, 0.2) is 5.92 Å². The minimum atomic E-state index is -1.03. The van der Waals surface area contributed by atoms with E-state index in [-0.39, 0.29) is 12.5 Å². The molecule has 1 rings (SSSR count). The molecule has 0 radical (unpaired) electrons. The number of ether oxygens (including phenoxy) is 1. The zero-order valence-corrected chi connectivity index (χ0v) is 12.1. The molecule has 110 valence electrons. The number of rotatable bonds is 6. The van der Waals surface area contributed by atoms with E-state index in [1.165, 1.54) is 12.8 Å². The lowest BCUT2D eigenvalue weighted by atomic mass is 9.76. The predicted octanol–water partition coefficient (Wildman–Crippen LogP) is 3.25. The zero-order chi connectivity index (χ0) is 14.3. The first kappa shape index (κ1) is 16.0. The summed E-state index contributed by atoms with van der Waals surface area (Å²) in [7, 11) is 0. The van der Waals surface area contributed by atoms with Crippen molar-refractivity contribution in [3.8, 4) is 0 Å². The second-order valence-electron chi connectivity index (χ2n) is 5.39. The Bertz CT molecular complexity index is 293. The summed E-state index contributed by atoms with van der Waals surface area (Å²) in [6.07, 6.45) is 7.56. The summed E-state index contributed by atoms with van der Waals surface area (Å²) in [6.45, 7) is 3.93. The maximum absolute atomic E-state index is 11.9. The van der Waals surface area contributed by atoms with Gasteiger partial charge in [-0.15, -0.1) is 0 Å². The monoisotopic (exact) mass is 270 g/mol. The fourth-order valence-electron chi connectivity index (χ4n) is 3.27. The Morgan fingerprint density at radius 2 is 1.74 bits per heavy atom. The smallest absolute Gasteiger partial charge is 0.320 e. The van der Waals surface area contributed by atoms with Crippen LogP contribution < -0.4 is 0 Å². The molecule has 0 saturated heterocycles. The van der Waals surface area contributed by atoms with E-state index in [0.717, 1.165) is 32.1 Å². The topological polar surface area (TPSA) is 63.6 Å². The number of aliphatic carboxylic acids is 1. The van der Waals surface area contributed by atoms with Crippen LogP contribution in [0.3, 0.4) is 0 Å². The molecule has 0 heterocycles. The highest BCUT2D eigenvalue weighted by Crippen LogP contribution is 2.35. The number of carboxylic acids is 1. The molecule has 0 aromatic carbocycles. The van der Waals surface area contributed by atoms with E-state index in [0.29, 0.717) is 5.92 Å². The number of hydrogen-bond acceptors (Lipinski definition) is 3. The van der Waals surface area contributed by atoms with Crippen LogP contribution in [0.4, 0.5) is 0 Å². The van der Waals surface area contributed by atoms with E-state index in [4.69, 9.17) is 4.74 Å². The summed E-state index contributed by atoms with van der Waals surface area (Å²) in [5.74, 6) is -2.33. The van der Waals surface area contributed by atoms with Gasteiger partial charge in [0.1, 0.15) is 0 Å². The quantitative estimate of drug-likeness (QED) is 0.457. The molecule has 0 aromatic rings. The van der Waals surface area contributed by atoms with Crippen LogP contribution in [0.2, 0.25) is 0 Å². The van der Waals surface area contributed by atoms with Crippen molar-refractivity contribution in [1.29, 1.82) is 0 Å². The number of hydrogen-bond donors (Lipinski definition) is 1. The fraction of sp³-hybridized carbons (Fsp3) is 0.867. The molecule has 0 spiro atoms. The van der Waals surface area contributed by atoms with Gasteiger partial charge in [-0.25, -0.2) is 0 Å². The van der Waals surface area contributed by atoms with Crippen LogP contribution in [0.25, 0.3) is 0 Å². The summed E-state index contributed by atoms with van der Waals surface area (Å²) in [4.78, 5) is 23.4. The van der Waals surface area contributed by atoms with Gasteiger partial charge in [-0.1, -0.05) is 51.9 Å². The van der Waals surface area contributed by atoms with Crippen molar-refractivity contribution in [1.82, 2.24) is 0 Å². The second-order valence-corrected chi connectivity index (χ2v) is 5.39. The molecule has 1 fully saturated rings. The summed E-state index contributed by atoms with van der Waals surface area (Å²) in [5, 5.41) is 9.37. The van der Waals surface area contributed by atoms with Crippen molar-refractivity contribution in [3.63, 3.8) is 0 Å². The summed E-state index contributed by atoms with van der Waals surface area (Å²) >= 11 is 0. The molecule has 1 saturated carbocycles. The lowest BCUT2D eigenvalue weighted by Crippen LogP contribution is -2.36. The molecule has 2 unspecified atom stereocenters. The van der Waals surface area contributed by atoms with Crippen molar-refractivity contribution in [2.24, 2.45) is 17.8 Å². The average Bonchev–Trinajstić information content (AvgIpc) is 2.64. The molecular formula is C15H26O4. The molecule has 1 aliphatic rings. The molecule has 0 bridgehead atoms. The third-order valence-corrected chi connectivity index (χ3v) is 4.21. The van der Waals surface area contributed by atoms with Gasteiger partial charge in [-0.05, 0) is 18.8 Å². The van der Waals surface area contributed by atoms with Crippen molar-refractivity contribution in [2.45, 2.75) is 58.8 Å². The van der Waals surface area contributed by atoms with E-state index in [1.54, 1.807) is 6.92 Å². The minimum absolute atomic E-state index is 0.0883. The molecule has 19 heavy (non-hydrogen) atoms. The number of carboxylic acid groups (broad SMARTS) is 1. The van der Waals surface area contributed by atoms with E-state index in [9.17, 15) is 14.7 Å². The van der Waals surface area contributed by atoms with E-state index in [2.05, 4.69) is 0 Å². The Kier molecular flexibility index (Phi) is 6.89. The standard InChI is InChI=1S/C15H26O4/c1-3-12(11-9-7-5-6-8-10-11)13(14(16)17)15(18)19-4-2/h11-13H,3-10H2,1-2H3,(H,16,17). The van der Waals surface area contributed by atoms with Crippen LogP contribution in [-0.4, -0.2) is 23.7 Å². The number of esters is 1. The minimum Gasteiger partial charge on any atom is -0.481 e. The van der Waals surface area contributed by atoms with Crippen molar-refractivity contribution in [2.75, 3.05) is 6.61 Å². The van der Waals surface area contributed by atoms with Gasteiger partial charge in [-0.2, -0.15) is 0 Å². The Morgan fingerprint density at radius 1 is 1.16 bits per heavy atom. The SMILES string of the molecule is CCOC(=O)C(C(=O)O)C(CC)C1CCCCCC1. The average molecular weight is 270 g/mol. The normalized spacial score (nSPS) is 20.3. The lowest BCUT2D eigenvalue weighted by Gasteiger charge is -2.29. The van der Waals surface area contributed by atoms with Crippen LogP contribution in [0.15, 0.2) is 0 Å². The van der Waals surface area contributed by atoms with Crippen LogP contribution in [0.5, 0.6) is 0 Å². The Labute approximate surface area is 115 Å². The van der Waals surface area contributed by atoms with Crippen LogP contribution in [0, 0.1) is 17.8 Å². The summed E-state index contributed by atoms with van der Waals surface area (Å²) in [5.41, 5.74) is 0.